The summed E-state index contributed by atoms with van der Waals surface area (Å²) in [5.74, 6) is 5.20. The van der Waals surface area contributed by atoms with Crippen molar-refractivity contribution in [1.82, 2.24) is 56.4 Å². The molecule has 0 bridgehead atoms. The van der Waals surface area contributed by atoms with E-state index in [4.69, 9.17) is 24.9 Å². The van der Waals surface area contributed by atoms with Crippen LogP contribution in [-0.2, 0) is 0 Å². The number of hydrogen-bond donors (Lipinski definition) is 0. The zero-order valence-electron chi connectivity index (χ0n) is 73.6. The van der Waals surface area contributed by atoms with Gasteiger partial charge in [-0.05, 0) is 202 Å². The molecule has 11 aromatic heterocycles. The predicted molar refractivity (Wildman–Crippen MR) is 575 cm³/mol. The van der Waals surface area contributed by atoms with Crippen LogP contribution < -0.4 is 41.5 Å². The molecule has 0 aliphatic heterocycles. The van der Waals surface area contributed by atoms with E-state index in [2.05, 4.69) is 493 Å². The average molecular weight is 1820 g/mol. The summed E-state index contributed by atoms with van der Waals surface area (Å²) in [5, 5.41) is 17.9. The van der Waals surface area contributed by atoms with Crippen LogP contribution >= 0.6 is 22.7 Å². The van der Waals surface area contributed by atoms with Crippen LogP contribution in [0, 0.1) is 0 Å². The van der Waals surface area contributed by atoms with Gasteiger partial charge in [0.1, 0.15) is 23.3 Å². The zero-order valence-corrected chi connectivity index (χ0v) is 77.2. The van der Waals surface area contributed by atoms with Crippen LogP contribution in [0.1, 0.15) is 0 Å². The number of aromatic nitrogens is 12. The van der Waals surface area contributed by atoms with E-state index in [1.54, 1.807) is 0 Å². The molecule has 29 rings (SSSR count). The van der Waals surface area contributed by atoms with Gasteiger partial charge in [0.15, 0.2) is 16.1 Å². The van der Waals surface area contributed by atoms with E-state index in [0.717, 1.165) is 156 Å². The number of pyridine rings is 2. The van der Waals surface area contributed by atoms with Crippen LogP contribution in [0.3, 0.4) is 0 Å². The molecule has 0 unspecified atom stereocenters. The summed E-state index contributed by atoms with van der Waals surface area (Å²) in [4.78, 5) is 28.7. The second-order valence-electron chi connectivity index (χ2n) is 35.8. The Bertz CT molecular complexity index is 9920. The van der Waals surface area contributed by atoms with Gasteiger partial charge < -0.3 is 0 Å². The van der Waals surface area contributed by atoms with Crippen LogP contribution in [0.2, 0.25) is 0 Å². The first-order valence-corrected chi connectivity index (χ1v) is 52.1. The first-order chi connectivity index (χ1) is 67.9. The molecule has 0 atom stereocenters. The molecule has 0 saturated heterocycles. The second-order valence-corrected chi connectivity index (χ2v) is 45.6. The van der Waals surface area contributed by atoms with Gasteiger partial charge in [-0.1, -0.05) is 334 Å². The molecular weight excluding hydrogens is 1740 g/mol. The predicted octanol–water partition coefficient (Wildman–Crippen LogP) is 24.3. The van der Waals surface area contributed by atoms with Crippen LogP contribution in [0.5, 0.6) is 0 Å². The van der Waals surface area contributed by atoms with Gasteiger partial charge in [-0.2, -0.15) is 0 Å². The molecule has 137 heavy (non-hydrogen) atoms. The van der Waals surface area contributed by atoms with Gasteiger partial charge in [-0.3, -0.25) is 31.5 Å². The van der Waals surface area contributed by atoms with Gasteiger partial charge in [0.05, 0.1) is 77.2 Å². The number of fused-ring (bicyclic) bond motifs is 24. The van der Waals surface area contributed by atoms with Crippen molar-refractivity contribution in [2.45, 2.75) is 0 Å². The second kappa shape index (κ2) is 30.1. The Morgan fingerprint density at radius 3 is 1.00 bits per heavy atom. The third-order valence-electron chi connectivity index (χ3n) is 28.6. The monoisotopic (exact) mass is 1820 g/mol. The van der Waals surface area contributed by atoms with Crippen molar-refractivity contribution < 1.29 is 0 Å². The van der Waals surface area contributed by atoms with Crippen LogP contribution in [-0.4, -0.2) is 72.5 Å². The minimum Gasteiger partial charge on any atom is -0.294 e. The molecule has 0 saturated carbocycles. The van der Waals surface area contributed by atoms with Gasteiger partial charge in [-0.15, -0.1) is 22.7 Å². The van der Waals surface area contributed by atoms with Crippen molar-refractivity contribution in [2.24, 2.45) is 0 Å². The summed E-state index contributed by atoms with van der Waals surface area (Å²) in [6.45, 7) is 0. The number of nitrogens with zero attached hydrogens (tertiary/aromatic N) is 12. The molecule has 640 valence electrons. The molecule has 0 fully saturated rings. The SMILES string of the molecule is c1ccc([Si](c2ccccc2)(c2cccc(-c3cc(-n4c5ccccc5n5c6ccccc6nc45)nc(-n4c5ccccc5n5c6cc(-c7ccc8nc9n(-c%10cc(-c%11cccc([Si](c%12ccccc%12)(c%12ccccc%12)c%12cccc%13c%12sc%12ccccc%12%13)c%11)cc(-n%11c%12ccccc%12c%12ccccc%12%11)n%10)c%10ccccc%10n9c8c7)ccc6nc45)c3)c2)c2ccc3sc4ccccc4c3c2)cc1. The fourth-order valence-corrected chi connectivity index (χ4v) is 35.2. The average Bonchev–Trinajstić information content (AvgIpc) is 1.71. The lowest BCUT2D eigenvalue weighted by Crippen LogP contribution is -2.74. The highest BCUT2D eigenvalue weighted by molar-refractivity contribution is 7.31. The Balaban J connectivity index is 0.606. The van der Waals surface area contributed by atoms with E-state index in [-0.39, 0.29) is 0 Å². The number of para-hydroxylation sites is 10. The van der Waals surface area contributed by atoms with E-state index in [1.807, 2.05) is 22.7 Å². The van der Waals surface area contributed by atoms with Crippen LogP contribution in [0.25, 0.3) is 202 Å². The standard InChI is InChI=1S/C121H76N12S2Si2/c1-5-34-83(35-6-1)136(84-36-7-2-8-37-84,89-64-67-112-95(76-89)93-47-16-27-59-110(93)134-112)87-42-29-32-77(68-87)82-74-116(131-105-56-24-21-53-102(105)128-101-52-20-17-49-96(101)122-119(128)131)126-117(75-82)133-107-58-26-23-55-104(107)130-109-71-80(63-66-98(109)124-121(130)133)79-62-65-97-108(70-79)129-103-54-22-25-57-106(103)132(120(129)123-97)115-73-81(72-114(125-115)127-99-50-18-13-44-90(99)91-45-14-19-51-100(91)127)78-33-30-43-88(69-78)137(85-38-9-3-10-39-85,86-40-11-4-12-41-86)113-61-31-48-94-92-46-15-28-60-111(92)135-118(94)113/h1-76H. The first kappa shape index (κ1) is 77.3. The van der Waals surface area contributed by atoms with E-state index in [1.165, 1.54) is 81.8 Å². The summed E-state index contributed by atoms with van der Waals surface area (Å²) >= 11 is 3.77. The molecule has 29 aromatic rings. The quantitative estimate of drug-likeness (QED) is 0.0752. The Hall–Kier alpha value is -17.3. The van der Waals surface area contributed by atoms with Crippen molar-refractivity contribution in [3.05, 3.63) is 461 Å². The third kappa shape index (κ3) is 11.5. The molecule has 0 spiro atoms. The molecule has 0 amide bonds. The normalized spacial score (nSPS) is 12.4. The van der Waals surface area contributed by atoms with Crippen LogP contribution in [0.15, 0.2) is 461 Å². The maximum absolute atomic E-state index is 5.93. The molecule has 0 radical (unpaired) electrons. The summed E-state index contributed by atoms with van der Waals surface area (Å²) < 4.78 is 21.3. The van der Waals surface area contributed by atoms with Crippen molar-refractivity contribution >= 4 is 226 Å². The minimum absolute atomic E-state index is 0.706. The number of hydrogen-bond acceptors (Lipinski definition) is 7. The Labute approximate surface area is 794 Å². The van der Waals surface area contributed by atoms with Crippen LogP contribution in [0.4, 0.5) is 0 Å². The zero-order chi connectivity index (χ0) is 89.7. The van der Waals surface area contributed by atoms with Crippen molar-refractivity contribution in [3.63, 3.8) is 0 Å². The van der Waals surface area contributed by atoms with E-state index < -0.39 is 16.1 Å². The summed E-state index contributed by atoms with van der Waals surface area (Å²) in [7, 11) is -6.34. The van der Waals surface area contributed by atoms with Crippen molar-refractivity contribution in [3.8, 4) is 56.7 Å². The van der Waals surface area contributed by atoms with Gasteiger partial charge >= 0.3 is 0 Å². The maximum atomic E-state index is 5.93. The van der Waals surface area contributed by atoms with E-state index in [0.29, 0.717) is 5.82 Å². The summed E-state index contributed by atoms with van der Waals surface area (Å²) in [6, 6.07) is 171. The molecule has 0 aliphatic rings. The first-order valence-electron chi connectivity index (χ1n) is 46.4. The van der Waals surface area contributed by atoms with Crippen molar-refractivity contribution in [2.75, 3.05) is 0 Å². The molecular formula is C121H76N12S2Si2. The molecule has 0 N–H and O–H groups in total. The Morgan fingerprint density at radius 1 is 0.175 bits per heavy atom. The highest BCUT2D eigenvalue weighted by Crippen LogP contribution is 2.43. The third-order valence-corrected chi connectivity index (χ3v) is 40.7. The van der Waals surface area contributed by atoms with E-state index in [9.17, 15) is 0 Å². The molecule has 12 nitrogen and oxygen atoms in total. The Kier molecular flexibility index (Phi) is 17.0. The lowest BCUT2D eigenvalue weighted by molar-refractivity contribution is 0.983. The lowest BCUT2D eigenvalue weighted by atomic mass is 10.0. The highest BCUT2D eigenvalue weighted by Gasteiger charge is 2.45. The van der Waals surface area contributed by atoms with Gasteiger partial charge in [0, 0.05) is 51.1 Å². The van der Waals surface area contributed by atoms with Gasteiger partial charge in [0.25, 0.3) is 0 Å². The topological polar surface area (TPSA) is 97.4 Å². The number of imidazole rings is 6. The smallest absolute Gasteiger partial charge is 0.221 e. The summed E-state index contributed by atoms with van der Waals surface area (Å²) in [5.41, 5.74) is 19.9. The van der Waals surface area contributed by atoms with Gasteiger partial charge in [0.2, 0.25) is 17.3 Å². The number of thiophene rings is 2. The largest absolute Gasteiger partial charge is 0.294 e. The van der Waals surface area contributed by atoms with Gasteiger partial charge in [-0.25, -0.2) is 24.9 Å². The Morgan fingerprint density at radius 2 is 0.511 bits per heavy atom. The fraction of sp³-hybridized carbons (Fsp3) is 0. The molecule has 11 heterocycles. The minimum atomic E-state index is -3.18. The lowest BCUT2D eigenvalue weighted by Gasteiger charge is -2.35. The maximum Gasteiger partial charge on any atom is 0.221 e. The summed E-state index contributed by atoms with van der Waals surface area (Å²) in [6.07, 6.45) is 0. The van der Waals surface area contributed by atoms with Crippen molar-refractivity contribution in [1.29, 1.82) is 0 Å². The number of rotatable bonds is 15. The molecule has 18 aromatic carbocycles. The highest BCUT2D eigenvalue weighted by atomic mass is 32.1. The fourth-order valence-electron chi connectivity index (χ4n) is 22.7. The number of benzene rings is 18. The molecule has 16 heteroatoms. The molecule has 0 aliphatic carbocycles. The van der Waals surface area contributed by atoms with E-state index >= 15 is 0 Å².